The SMILES string of the molecule is CCCCCCCCOc1ccc(C=C(C#N)C(=O)Nc2ccccc2Cl)cc1OCC. The second kappa shape index (κ2) is 14.2. The van der Waals surface area contributed by atoms with Gasteiger partial charge in [-0.15, -0.1) is 0 Å². The zero-order chi connectivity index (χ0) is 23.2. The van der Waals surface area contributed by atoms with Crippen LogP contribution in [-0.4, -0.2) is 19.1 Å². The Bertz CT molecular complexity index is 950. The number of nitrogens with zero attached hydrogens (tertiary/aromatic N) is 1. The molecule has 5 nitrogen and oxygen atoms in total. The normalized spacial score (nSPS) is 11.0. The molecule has 2 rings (SSSR count). The van der Waals surface area contributed by atoms with Crippen LogP contribution >= 0.6 is 11.6 Å². The Kier molecular flexibility index (Phi) is 11.2. The minimum Gasteiger partial charge on any atom is -0.490 e. The predicted molar refractivity (Wildman–Crippen MR) is 130 cm³/mol. The Morgan fingerprint density at radius 1 is 1.03 bits per heavy atom. The van der Waals surface area contributed by atoms with Gasteiger partial charge in [-0.1, -0.05) is 68.8 Å². The van der Waals surface area contributed by atoms with Crippen molar-refractivity contribution in [1.29, 1.82) is 5.26 Å². The number of nitrogens with one attached hydrogen (secondary N) is 1. The minimum absolute atomic E-state index is 0.0342. The largest absolute Gasteiger partial charge is 0.490 e. The summed E-state index contributed by atoms with van der Waals surface area (Å²) in [7, 11) is 0. The van der Waals surface area contributed by atoms with E-state index in [4.69, 9.17) is 21.1 Å². The highest BCUT2D eigenvalue weighted by molar-refractivity contribution is 6.34. The molecule has 0 aliphatic carbocycles. The average Bonchev–Trinajstić information content (AvgIpc) is 2.79. The van der Waals surface area contributed by atoms with E-state index in [1.807, 2.05) is 19.1 Å². The van der Waals surface area contributed by atoms with E-state index in [9.17, 15) is 10.1 Å². The van der Waals surface area contributed by atoms with Crippen LogP contribution in [0.25, 0.3) is 6.08 Å². The molecule has 170 valence electrons. The third-order valence-corrected chi connectivity index (χ3v) is 5.15. The van der Waals surface area contributed by atoms with Gasteiger partial charge in [0.1, 0.15) is 11.6 Å². The van der Waals surface area contributed by atoms with Crippen molar-refractivity contribution in [2.24, 2.45) is 0 Å². The molecule has 0 unspecified atom stereocenters. The van der Waals surface area contributed by atoms with Crippen molar-refractivity contribution in [3.8, 4) is 17.6 Å². The van der Waals surface area contributed by atoms with Gasteiger partial charge in [0.15, 0.2) is 11.5 Å². The van der Waals surface area contributed by atoms with Gasteiger partial charge in [-0.3, -0.25) is 4.79 Å². The zero-order valence-corrected chi connectivity index (χ0v) is 19.6. The number of anilines is 1. The lowest BCUT2D eigenvalue weighted by Crippen LogP contribution is -2.13. The second-order valence-corrected chi connectivity index (χ2v) is 7.77. The molecule has 2 aromatic carbocycles. The number of hydrogen-bond acceptors (Lipinski definition) is 4. The van der Waals surface area contributed by atoms with Crippen LogP contribution in [0.2, 0.25) is 5.02 Å². The molecule has 0 radical (unpaired) electrons. The highest BCUT2D eigenvalue weighted by Crippen LogP contribution is 2.30. The van der Waals surface area contributed by atoms with Gasteiger partial charge in [-0.05, 0) is 49.2 Å². The average molecular weight is 455 g/mol. The molecule has 1 amide bonds. The highest BCUT2D eigenvalue weighted by Gasteiger charge is 2.12. The molecule has 0 saturated heterocycles. The van der Waals surface area contributed by atoms with Gasteiger partial charge in [0.2, 0.25) is 0 Å². The van der Waals surface area contributed by atoms with Gasteiger partial charge in [0, 0.05) is 0 Å². The summed E-state index contributed by atoms with van der Waals surface area (Å²) in [6, 6.07) is 14.2. The van der Waals surface area contributed by atoms with Crippen LogP contribution < -0.4 is 14.8 Å². The lowest BCUT2D eigenvalue weighted by Gasteiger charge is -2.13. The van der Waals surface area contributed by atoms with E-state index in [1.165, 1.54) is 31.8 Å². The molecule has 0 aromatic heterocycles. The first-order chi connectivity index (χ1) is 15.6. The summed E-state index contributed by atoms with van der Waals surface area (Å²) >= 11 is 6.09. The minimum atomic E-state index is -0.526. The number of halogens is 1. The van der Waals surface area contributed by atoms with E-state index >= 15 is 0 Å². The first-order valence-electron chi connectivity index (χ1n) is 11.2. The Hall–Kier alpha value is -2.97. The summed E-state index contributed by atoms with van der Waals surface area (Å²) < 4.78 is 11.6. The van der Waals surface area contributed by atoms with Crippen molar-refractivity contribution in [1.82, 2.24) is 0 Å². The fourth-order valence-electron chi connectivity index (χ4n) is 3.13. The number of para-hydroxylation sites is 1. The Morgan fingerprint density at radius 2 is 1.78 bits per heavy atom. The number of hydrogen-bond donors (Lipinski definition) is 1. The lowest BCUT2D eigenvalue weighted by molar-refractivity contribution is -0.112. The molecule has 6 heteroatoms. The molecule has 0 spiro atoms. The van der Waals surface area contributed by atoms with Crippen LogP contribution in [0.5, 0.6) is 11.5 Å². The smallest absolute Gasteiger partial charge is 0.266 e. The quantitative estimate of drug-likeness (QED) is 0.200. The number of amides is 1. The maximum atomic E-state index is 12.5. The maximum Gasteiger partial charge on any atom is 0.266 e. The summed E-state index contributed by atoms with van der Waals surface area (Å²) in [5.41, 5.74) is 1.09. The third-order valence-electron chi connectivity index (χ3n) is 4.82. The van der Waals surface area contributed by atoms with E-state index in [2.05, 4.69) is 12.2 Å². The van der Waals surface area contributed by atoms with Crippen LogP contribution in [0.4, 0.5) is 5.69 Å². The van der Waals surface area contributed by atoms with Crippen molar-refractivity contribution >= 4 is 29.3 Å². The zero-order valence-electron chi connectivity index (χ0n) is 18.8. The highest BCUT2D eigenvalue weighted by atomic mass is 35.5. The first-order valence-corrected chi connectivity index (χ1v) is 11.5. The van der Waals surface area contributed by atoms with Crippen LogP contribution in [0, 0.1) is 11.3 Å². The van der Waals surface area contributed by atoms with Crippen LogP contribution in [-0.2, 0) is 4.79 Å². The number of rotatable bonds is 13. The molecule has 0 bridgehead atoms. The van der Waals surface area contributed by atoms with Gasteiger partial charge in [0.25, 0.3) is 5.91 Å². The van der Waals surface area contributed by atoms with E-state index in [1.54, 1.807) is 36.4 Å². The molecule has 0 aliphatic heterocycles. The summed E-state index contributed by atoms with van der Waals surface area (Å²) in [6.07, 6.45) is 8.69. The molecular formula is C26H31ClN2O3. The van der Waals surface area contributed by atoms with E-state index in [-0.39, 0.29) is 5.57 Å². The number of carbonyl (C=O) groups is 1. The van der Waals surface area contributed by atoms with Crippen molar-refractivity contribution in [3.05, 3.63) is 58.6 Å². The van der Waals surface area contributed by atoms with Crippen molar-refractivity contribution in [2.45, 2.75) is 52.4 Å². The fourth-order valence-corrected chi connectivity index (χ4v) is 3.32. The van der Waals surface area contributed by atoms with Crippen LogP contribution in [0.15, 0.2) is 48.0 Å². The van der Waals surface area contributed by atoms with Gasteiger partial charge in [-0.2, -0.15) is 5.26 Å². The number of benzene rings is 2. The van der Waals surface area contributed by atoms with E-state index in [0.29, 0.717) is 41.0 Å². The number of ether oxygens (including phenoxy) is 2. The monoisotopic (exact) mass is 454 g/mol. The van der Waals surface area contributed by atoms with Gasteiger partial charge in [0.05, 0.1) is 23.9 Å². The summed E-state index contributed by atoms with van der Waals surface area (Å²) in [5, 5.41) is 12.6. The third kappa shape index (κ3) is 8.28. The van der Waals surface area contributed by atoms with Crippen LogP contribution in [0.1, 0.15) is 57.9 Å². The second-order valence-electron chi connectivity index (χ2n) is 7.36. The van der Waals surface area contributed by atoms with Crippen molar-refractivity contribution < 1.29 is 14.3 Å². The van der Waals surface area contributed by atoms with Crippen molar-refractivity contribution in [2.75, 3.05) is 18.5 Å². The number of carbonyl (C=O) groups excluding carboxylic acids is 1. The molecular weight excluding hydrogens is 424 g/mol. The number of unbranched alkanes of at least 4 members (excludes halogenated alkanes) is 5. The lowest BCUT2D eigenvalue weighted by atomic mass is 10.1. The topological polar surface area (TPSA) is 71.3 Å². The molecule has 0 fully saturated rings. The Labute approximate surface area is 196 Å². The van der Waals surface area contributed by atoms with E-state index < -0.39 is 5.91 Å². The van der Waals surface area contributed by atoms with Gasteiger partial charge in [-0.25, -0.2) is 0 Å². The van der Waals surface area contributed by atoms with Gasteiger partial charge < -0.3 is 14.8 Å². The molecule has 0 heterocycles. The summed E-state index contributed by atoms with van der Waals surface area (Å²) in [4.78, 5) is 12.5. The fraction of sp³-hybridized carbons (Fsp3) is 0.385. The standard InChI is InChI=1S/C26H31ClN2O3/c1-3-5-6-7-8-11-16-32-24-15-14-20(18-25(24)31-4-2)17-21(19-28)26(30)29-23-13-10-9-12-22(23)27/h9-10,12-15,17-18H,3-8,11,16H2,1-2H3,(H,29,30). The predicted octanol–water partition coefficient (Wildman–Crippen LogP) is 7.02. The summed E-state index contributed by atoms with van der Waals surface area (Å²) in [5.74, 6) is 0.731. The Morgan fingerprint density at radius 3 is 2.50 bits per heavy atom. The molecule has 0 atom stereocenters. The summed E-state index contributed by atoms with van der Waals surface area (Å²) in [6.45, 7) is 5.23. The molecule has 0 saturated carbocycles. The van der Waals surface area contributed by atoms with Gasteiger partial charge >= 0.3 is 0 Å². The molecule has 0 aliphatic rings. The van der Waals surface area contributed by atoms with Crippen LogP contribution in [0.3, 0.4) is 0 Å². The molecule has 32 heavy (non-hydrogen) atoms. The number of nitriles is 1. The maximum absolute atomic E-state index is 12.5. The van der Waals surface area contributed by atoms with Crippen molar-refractivity contribution in [3.63, 3.8) is 0 Å². The van der Waals surface area contributed by atoms with E-state index in [0.717, 1.165) is 12.8 Å². The molecule has 2 aromatic rings. The first kappa shape index (κ1) is 25.3. The Balaban J connectivity index is 2.05. The molecule has 1 N–H and O–H groups in total.